The van der Waals surface area contributed by atoms with E-state index in [1.807, 2.05) is 83.1 Å². The van der Waals surface area contributed by atoms with Gasteiger partial charge in [-0.2, -0.15) is 0 Å². The number of rotatable bonds is 29. The lowest BCUT2D eigenvalue weighted by Crippen LogP contribution is -2.51. The predicted octanol–water partition coefficient (Wildman–Crippen LogP) is 19.0. The van der Waals surface area contributed by atoms with Crippen LogP contribution in [0.5, 0.6) is 0 Å². The van der Waals surface area contributed by atoms with Crippen molar-refractivity contribution in [2.75, 3.05) is 72.1 Å². The van der Waals surface area contributed by atoms with Gasteiger partial charge in [0.25, 0.3) is 0 Å². The second-order valence-electron chi connectivity index (χ2n) is 39.0. The smallest absolute Gasteiger partial charge is 0.407 e. The van der Waals surface area contributed by atoms with Gasteiger partial charge in [-0.15, -0.1) is 0 Å². The summed E-state index contributed by atoms with van der Waals surface area (Å²) in [5, 5.41) is 14.1. The van der Waals surface area contributed by atoms with Crippen LogP contribution in [0.3, 0.4) is 0 Å². The lowest BCUT2D eigenvalue weighted by Gasteiger charge is -2.58. The van der Waals surface area contributed by atoms with Gasteiger partial charge in [0.1, 0.15) is 35.3 Å². The Balaban J connectivity index is 0.000000271. The minimum absolute atomic E-state index is 0.249. The SMILES string of the molecule is CC(C)(C)OC(=O)NCCNCCNC(=O)OC(C)(C)C.CC(C)CCCC(C)C1CCC2C3CC=C4CC(OCC=O)CCC4(C)C3CCC12C.CC(C)CCCC(C)C1CCC2C3CC=C4CC(OCCN(CCNC(=O)OC(C)(C)C)CCNC(=O)OC(C)(C)C)CCC4(C)C3CCC12C. The highest BCUT2D eigenvalue weighted by Crippen LogP contribution is 2.69. The summed E-state index contributed by atoms with van der Waals surface area (Å²) in [6, 6.07) is 0. The van der Waals surface area contributed by atoms with E-state index < -0.39 is 46.8 Å². The number of carbonyl (C=O) groups excluding carboxylic acids is 5. The number of alkyl carbamates (subject to hydrolysis) is 4. The zero-order valence-corrected chi connectivity index (χ0v) is 69.6. The number of amides is 4. The minimum Gasteiger partial charge on any atom is -0.444 e. The van der Waals surface area contributed by atoms with Crippen LogP contribution in [0, 0.1) is 92.7 Å². The largest absolute Gasteiger partial charge is 0.444 e. The summed E-state index contributed by atoms with van der Waals surface area (Å²) in [6.45, 7) is 53.1. The van der Waals surface area contributed by atoms with Gasteiger partial charge in [0.15, 0.2) is 0 Å². The van der Waals surface area contributed by atoms with E-state index in [1.165, 1.54) is 116 Å². The van der Waals surface area contributed by atoms with Gasteiger partial charge >= 0.3 is 24.4 Å². The van der Waals surface area contributed by atoms with Crippen LogP contribution >= 0.6 is 0 Å². The molecular formula is C86H154N6O11. The van der Waals surface area contributed by atoms with Crippen molar-refractivity contribution in [3.63, 3.8) is 0 Å². The summed E-state index contributed by atoms with van der Waals surface area (Å²) in [7, 11) is 0. The van der Waals surface area contributed by atoms with Crippen LogP contribution in [0.1, 0.15) is 294 Å². The first-order chi connectivity index (χ1) is 48.1. The molecule has 4 amide bonds. The highest BCUT2D eigenvalue weighted by atomic mass is 16.6. The highest BCUT2D eigenvalue weighted by Gasteiger charge is 2.61. The molecule has 0 spiro atoms. The van der Waals surface area contributed by atoms with Crippen LogP contribution in [-0.2, 0) is 33.2 Å². The van der Waals surface area contributed by atoms with Crippen molar-refractivity contribution in [3.8, 4) is 0 Å². The van der Waals surface area contributed by atoms with Crippen LogP contribution in [0.15, 0.2) is 23.3 Å². The van der Waals surface area contributed by atoms with Gasteiger partial charge in [0.2, 0.25) is 0 Å². The quantitative estimate of drug-likeness (QED) is 0.0205. The van der Waals surface area contributed by atoms with Crippen LogP contribution in [-0.4, -0.2) is 142 Å². The predicted molar refractivity (Wildman–Crippen MR) is 418 cm³/mol. The standard InChI is InChI=1S/C43H77N3O5.C29H48O2.C14H29N3O4/c1-30(2)13-12-14-31(3)35-17-18-36-34-16-15-32-29-33(19-21-42(32,10)37(34)20-22-43(35,36)11)49-28-27-46(25-23-44-38(47)50-40(4,5)6)26-24-45-39(48)51-41(7,8)9;1-20(2)7-6-8-21(3)25-11-12-26-24-10-9-22-19-23(31-18-17-30)13-15-28(22,4)27(24)14-16-29(25,26)5;1-13(2,3)20-11(18)16-9-7-15-8-10-17-12(19)21-14(4,5)6/h15,30-31,33-37H,12-14,16-29H2,1-11H3,(H,44,47)(H,45,48);9,17,20-21,23-27H,6-8,10-16,18-19H2,1-5H3;15H,7-10H2,1-6H3,(H,16,18)(H,17,19). The van der Waals surface area contributed by atoms with Crippen LogP contribution < -0.4 is 26.6 Å². The van der Waals surface area contributed by atoms with Crippen LogP contribution in [0.25, 0.3) is 0 Å². The lowest BCUT2D eigenvalue weighted by molar-refractivity contribution is -0.115. The van der Waals surface area contributed by atoms with Gasteiger partial charge in [-0.1, -0.05) is 131 Å². The van der Waals surface area contributed by atoms with E-state index in [0.29, 0.717) is 80.6 Å². The Labute approximate surface area is 627 Å². The first-order valence-corrected chi connectivity index (χ1v) is 41.5. The maximum Gasteiger partial charge on any atom is 0.407 e. The number of hydrogen-bond donors (Lipinski definition) is 5. The van der Waals surface area contributed by atoms with Gasteiger partial charge in [-0.05, 0) is 278 Å². The van der Waals surface area contributed by atoms with Crippen molar-refractivity contribution in [2.45, 2.75) is 328 Å². The Morgan fingerprint density at radius 1 is 0.466 bits per heavy atom. The first-order valence-electron chi connectivity index (χ1n) is 41.5. The third-order valence-electron chi connectivity index (χ3n) is 25.8. The number of carbonyl (C=O) groups is 5. The van der Waals surface area contributed by atoms with Gasteiger partial charge < -0.3 is 59.8 Å². The lowest BCUT2D eigenvalue weighted by atomic mass is 9.47. The molecule has 16 unspecified atom stereocenters. The second kappa shape index (κ2) is 38.9. The fourth-order valence-corrected chi connectivity index (χ4v) is 21.0. The molecule has 6 saturated carbocycles. The number of nitrogens with zero attached hydrogens (tertiary/aromatic N) is 1. The molecule has 17 heteroatoms. The van der Waals surface area contributed by atoms with Gasteiger partial charge in [-0.3, -0.25) is 4.90 Å². The molecule has 5 N–H and O–H groups in total. The molecule has 8 rings (SSSR count). The van der Waals surface area contributed by atoms with Crippen molar-refractivity contribution in [1.82, 2.24) is 31.5 Å². The van der Waals surface area contributed by atoms with E-state index >= 15 is 0 Å². The number of aldehydes is 1. The summed E-state index contributed by atoms with van der Waals surface area (Å²) in [4.78, 5) is 60.1. The molecule has 594 valence electrons. The maximum atomic E-state index is 12.2. The van der Waals surface area contributed by atoms with Crippen molar-refractivity contribution in [1.29, 1.82) is 0 Å². The summed E-state index contributed by atoms with van der Waals surface area (Å²) in [6.07, 6.45) is 34.4. The highest BCUT2D eigenvalue weighted by molar-refractivity contribution is 5.68. The second-order valence-corrected chi connectivity index (χ2v) is 39.0. The van der Waals surface area contributed by atoms with Crippen molar-refractivity contribution in [3.05, 3.63) is 23.3 Å². The number of nitrogens with one attached hydrogen (secondary N) is 5. The molecule has 0 heterocycles. The third-order valence-corrected chi connectivity index (χ3v) is 25.8. The van der Waals surface area contributed by atoms with Crippen LogP contribution in [0.4, 0.5) is 19.2 Å². The normalized spacial score (nSPS) is 30.8. The summed E-state index contributed by atoms with van der Waals surface area (Å²) in [5.74, 6) is 10.5. The molecule has 0 bridgehead atoms. The van der Waals surface area contributed by atoms with Crippen molar-refractivity contribution in [2.24, 2.45) is 92.7 Å². The maximum absolute atomic E-state index is 12.2. The molecular weight excluding hydrogens is 1290 g/mol. The Morgan fingerprint density at radius 2 is 0.835 bits per heavy atom. The number of ether oxygens (including phenoxy) is 6. The molecule has 0 aromatic carbocycles. The fraction of sp³-hybridized carbons (Fsp3) is 0.895. The first kappa shape index (κ1) is 88.0. The number of allylic oxidation sites excluding steroid dienone is 2. The molecule has 6 fully saturated rings. The molecule has 8 aliphatic rings. The summed E-state index contributed by atoms with van der Waals surface area (Å²) >= 11 is 0. The van der Waals surface area contributed by atoms with Gasteiger partial charge in [0, 0.05) is 58.9 Å². The van der Waals surface area contributed by atoms with Crippen molar-refractivity contribution >= 4 is 30.7 Å². The molecule has 16 atom stereocenters. The zero-order chi connectivity index (χ0) is 76.4. The molecule has 0 aromatic heterocycles. The van der Waals surface area contributed by atoms with E-state index in [2.05, 4.69) is 113 Å². The van der Waals surface area contributed by atoms with Crippen molar-refractivity contribution < 1.29 is 52.4 Å². The van der Waals surface area contributed by atoms with E-state index in [9.17, 15) is 24.0 Å². The zero-order valence-electron chi connectivity index (χ0n) is 69.6. The molecule has 0 radical (unpaired) electrons. The monoisotopic (exact) mass is 1450 g/mol. The molecule has 0 aromatic rings. The Kier molecular flexibility index (Phi) is 33.3. The average molecular weight is 1450 g/mol. The van der Waals surface area contributed by atoms with E-state index in [-0.39, 0.29) is 18.8 Å². The summed E-state index contributed by atoms with van der Waals surface area (Å²) < 4.78 is 33.4. The van der Waals surface area contributed by atoms with Crippen LogP contribution in [0.2, 0.25) is 0 Å². The topological polar surface area (TPSA) is 204 Å². The number of hydrogen-bond acceptors (Lipinski definition) is 13. The molecule has 103 heavy (non-hydrogen) atoms. The average Bonchev–Trinajstić information content (AvgIpc) is 1.69. The fourth-order valence-electron chi connectivity index (χ4n) is 21.0. The molecule has 0 aliphatic heterocycles. The van der Waals surface area contributed by atoms with E-state index in [0.717, 1.165) is 110 Å². The third kappa shape index (κ3) is 26.7. The Morgan fingerprint density at radius 3 is 1.19 bits per heavy atom. The van der Waals surface area contributed by atoms with E-state index in [1.54, 1.807) is 11.1 Å². The molecule has 0 saturated heterocycles. The van der Waals surface area contributed by atoms with Gasteiger partial charge in [0.05, 0.1) is 18.8 Å². The van der Waals surface area contributed by atoms with Gasteiger partial charge in [-0.25, -0.2) is 19.2 Å². The van der Waals surface area contributed by atoms with E-state index in [4.69, 9.17) is 28.4 Å². The summed E-state index contributed by atoms with van der Waals surface area (Å²) in [5.41, 5.74) is 3.07. The molecule has 17 nitrogen and oxygen atoms in total. The Bertz CT molecular complexity index is 2640. The number of fused-ring (bicyclic) bond motifs is 10. The molecule has 8 aliphatic carbocycles. The Hall–Kier alpha value is -3.93. The minimum atomic E-state index is -0.539.